The summed E-state index contributed by atoms with van der Waals surface area (Å²) in [6.07, 6.45) is 1.47. The lowest BCUT2D eigenvalue weighted by Crippen LogP contribution is -2.21. The van der Waals surface area contributed by atoms with E-state index in [0.717, 1.165) is 5.01 Å². The van der Waals surface area contributed by atoms with Crippen molar-refractivity contribution in [2.45, 2.75) is 19.8 Å². The predicted octanol–water partition coefficient (Wildman–Crippen LogP) is 1.62. The minimum absolute atomic E-state index is 0.187. The normalized spacial score (nSPS) is 10.7. The van der Waals surface area contributed by atoms with Gasteiger partial charge in [0, 0.05) is 19.0 Å². The summed E-state index contributed by atoms with van der Waals surface area (Å²) >= 11 is 1.32. The largest absolute Gasteiger partial charge is 0.491 e. The second-order valence-corrected chi connectivity index (χ2v) is 5.77. The van der Waals surface area contributed by atoms with Crippen LogP contribution in [0.2, 0.25) is 0 Å². The highest BCUT2D eigenvalue weighted by Gasteiger charge is 2.15. The van der Waals surface area contributed by atoms with Gasteiger partial charge in [-0.15, -0.1) is 10.2 Å². The molecular weight excluding hydrogens is 292 g/mol. The molecule has 8 heteroatoms. The lowest BCUT2D eigenvalue weighted by Gasteiger charge is -2.09. The standard InChI is InChI=1S/C13H16N4O3S/c1-7(2)12-15-16-13(21-12)14-11(19)8-5-9(18)10(20-4)6-17(8)3/h5-7H,1-4H3,(H,14,16,19). The van der Waals surface area contributed by atoms with Crippen molar-refractivity contribution in [1.29, 1.82) is 0 Å². The van der Waals surface area contributed by atoms with Crippen LogP contribution in [0.4, 0.5) is 5.13 Å². The first-order chi connectivity index (χ1) is 9.92. The van der Waals surface area contributed by atoms with Gasteiger partial charge < -0.3 is 9.30 Å². The number of aromatic nitrogens is 3. The first-order valence-electron chi connectivity index (χ1n) is 6.31. The smallest absolute Gasteiger partial charge is 0.274 e. The summed E-state index contributed by atoms with van der Waals surface area (Å²) in [6, 6.07) is 1.23. The van der Waals surface area contributed by atoms with E-state index in [9.17, 15) is 9.59 Å². The van der Waals surface area contributed by atoms with E-state index in [-0.39, 0.29) is 22.8 Å². The van der Waals surface area contributed by atoms with Crippen LogP contribution in [-0.2, 0) is 7.05 Å². The molecule has 2 rings (SSSR count). The average molecular weight is 308 g/mol. The predicted molar refractivity (Wildman–Crippen MR) is 80.2 cm³/mol. The number of nitrogens with one attached hydrogen (secondary N) is 1. The Morgan fingerprint density at radius 3 is 2.71 bits per heavy atom. The Morgan fingerprint density at radius 1 is 1.43 bits per heavy atom. The quantitative estimate of drug-likeness (QED) is 0.927. The van der Waals surface area contributed by atoms with Crippen molar-refractivity contribution in [3.63, 3.8) is 0 Å². The van der Waals surface area contributed by atoms with Crippen molar-refractivity contribution in [2.75, 3.05) is 12.4 Å². The summed E-state index contributed by atoms with van der Waals surface area (Å²) in [5, 5.41) is 11.8. The molecular formula is C13H16N4O3S. The zero-order valence-electron chi connectivity index (χ0n) is 12.2. The molecule has 0 saturated heterocycles. The molecule has 2 aromatic heterocycles. The van der Waals surface area contributed by atoms with E-state index >= 15 is 0 Å². The molecule has 2 aromatic rings. The van der Waals surface area contributed by atoms with Crippen LogP contribution >= 0.6 is 11.3 Å². The highest BCUT2D eigenvalue weighted by atomic mass is 32.1. The number of hydrogen-bond acceptors (Lipinski definition) is 6. The molecule has 0 aliphatic rings. The zero-order valence-corrected chi connectivity index (χ0v) is 13.0. The number of rotatable bonds is 4. The summed E-state index contributed by atoms with van der Waals surface area (Å²) in [7, 11) is 3.07. The molecule has 0 aromatic carbocycles. The molecule has 0 spiro atoms. The first kappa shape index (κ1) is 15.2. The van der Waals surface area contributed by atoms with Gasteiger partial charge in [-0.2, -0.15) is 0 Å². The second kappa shape index (κ2) is 6.04. The van der Waals surface area contributed by atoms with Gasteiger partial charge in [0.25, 0.3) is 5.91 Å². The van der Waals surface area contributed by atoms with Gasteiger partial charge >= 0.3 is 0 Å². The second-order valence-electron chi connectivity index (χ2n) is 4.76. The van der Waals surface area contributed by atoms with Crippen LogP contribution in [0.3, 0.4) is 0 Å². The number of carbonyl (C=O) groups is 1. The Hall–Kier alpha value is -2.22. The SMILES string of the molecule is COc1cn(C)c(C(=O)Nc2nnc(C(C)C)s2)cc1=O. The highest BCUT2D eigenvalue weighted by molar-refractivity contribution is 7.15. The molecule has 1 N–H and O–H groups in total. The highest BCUT2D eigenvalue weighted by Crippen LogP contribution is 2.22. The molecule has 0 aliphatic carbocycles. The van der Waals surface area contributed by atoms with Crippen LogP contribution in [0.15, 0.2) is 17.1 Å². The zero-order chi connectivity index (χ0) is 15.6. The maximum absolute atomic E-state index is 12.2. The molecule has 0 unspecified atom stereocenters. The summed E-state index contributed by atoms with van der Waals surface area (Å²) in [5.41, 5.74) is -0.122. The minimum atomic E-state index is -0.413. The molecule has 21 heavy (non-hydrogen) atoms. The van der Waals surface area contributed by atoms with Crippen LogP contribution in [0.1, 0.15) is 35.3 Å². The fourth-order valence-corrected chi connectivity index (χ4v) is 2.41. The minimum Gasteiger partial charge on any atom is -0.491 e. The Kier molecular flexibility index (Phi) is 4.37. The monoisotopic (exact) mass is 308 g/mol. The van der Waals surface area contributed by atoms with Gasteiger partial charge in [0.05, 0.1) is 13.3 Å². The van der Waals surface area contributed by atoms with Gasteiger partial charge in [0.15, 0.2) is 5.75 Å². The molecule has 0 saturated carbocycles. The van der Waals surface area contributed by atoms with Gasteiger partial charge in [0.2, 0.25) is 10.6 Å². The maximum Gasteiger partial charge on any atom is 0.274 e. The van der Waals surface area contributed by atoms with Crippen molar-refractivity contribution >= 4 is 22.4 Å². The number of amides is 1. The third-order valence-electron chi connectivity index (χ3n) is 2.81. The van der Waals surface area contributed by atoms with Gasteiger partial charge in [0.1, 0.15) is 10.7 Å². The summed E-state index contributed by atoms with van der Waals surface area (Å²) in [4.78, 5) is 23.9. The van der Waals surface area contributed by atoms with E-state index in [4.69, 9.17) is 4.74 Å². The van der Waals surface area contributed by atoms with Crippen molar-refractivity contribution in [3.8, 4) is 5.75 Å². The van der Waals surface area contributed by atoms with Gasteiger partial charge in [-0.1, -0.05) is 25.2 Å². The Morgan fingerprint density at radius 2 is 2.14 bits per heavy atom. The molecule has 112 valence electrons. The maximum atomic E-state index is 12.2. The Bertz CT molecular complexity index is 720. The summed E-state index contributed by atoms with van der Waals surface area (Å²) < 4.78 is 6.45. The van der Waals surface area contributed by atoms with Crippen LogP contribution in [0.25, 0.3) is 0 Å². The number of ether oxygens (including phenoxy) is 1. The topological polar surface area (TPSA) is 86.1 Å². The molecule has 0 radical (unpaired) electrons. The number of nitrogens with zero attached hydrogens (tertiary/aromatic N) is 3. The van der Waals surface area contributed by atoms with Crippen LogP contribution < -0.4 is 15.5 Å². The van der Waals surface area contributed by atoms with E-state index in [0.29, 0.717) is 5.13 Å². The van der Waals surface area contributed by atoms with Crippen LogP contribution in [-0.4, -0.2) is 27.8 Å². The third-order valence-corrected chi connectivity index (χ3v) is 3.95. The lowest BCUT2D eigenvalue weighted by atomic mass is 10.2. The number of methoxy groups -OCH3 is 1. The van der Waals surface area contributed by atoms with Gasteiger partial charge in [-0.05, 0) is 0 Å². The third kappa shape index (κ3) is 3.27. The van der Waals surface area contributed by atoms with E-state index < -0.39 is 5.91 Å². The molecule has 0 aliphatic heterocycles. The van der Waals surface area contributed by atoms with E-state index in [1.807, 2.05) is 13.8 Å². The number of carbonyl (C=O) groups excluding carboxylic acids is 1. The lowest BCUT2D eigenvalue weighted by molar-refractivity contribution is 0.101. The number of anilines is 1. The fraction of sp³-hybridized carbons (Fsp3) is 0.385. The van der Waals surface area contributed by atoms with Gasteiger partial charge in [-0.3, -0.25) is 14.9 Å². The molecule has 0 fully saturated rings. The van der Waals surface area contributed by atoms with E-state index in [1.54, 1.807) is 7.05 Å². The first-order valence-corrected chi connectivity index (χ1v) is 7.13. The fourth-order valence-electron chi connectivity index (χ4n) is 1.66. The molecule has 0 atom stereocenters. The van der Waals surface area contributed by atoms with E-state index in [1.165, 1.54) is 35.3 Å². The number of aryl methyl sites for hydroxylation is 1. The Labute approximate surface area is 125 Å². The molecule has 2 heterocycles. The van der Waals surface area contributed by atoms with Crippen LogP contribution in [0, 0.1) is 0 Å². The van der Waals surface area contributed by atoms with Gasteiger partial charge in [-0.25, -0.2) is 0 Å². The number of hydrogen-bond donors (Lipinski definition) is 1. The van der Waals surface area contributed by atoms with Crippen LogP contribution in [0.5, 0.6) is 5.75 Å². The van der Waals surface area contributed by atoms with Crippen molar-refractivity contribution in [3.05, 3.63) is 33.2 Å². The summed E-state index contributed by atoms with van der Waals surface area (Å²) in [5.74, 6) is 0.0225. The van der Waals surface area contributed by atoms with Crippen molar-refractivity contribution in [1.82, 2.24) is 14.8 Å². The van der Waals surface area contributed by atoms with Crippen molar-refractivity contribution < 1.29 is 9.53 Å². The molecule has 1 amide bonds. The molecule has 0 bridgehead atoms. The molecule has 7 nitrogen and oxygen atoms in total. The van der Waals surface area contributed by atoms with Crippen molar-refractivity contribution in [2.24, 2.45) is 7.05 Å². The summed E-state index contributed by atoms with van der Waals surface area (Å²) in [6.45, 7) is 4.00. The Balaban J connectivity index is 2.24. The number of pyridine rings is 1. The van der Waals surface area contributed by atoms with E-state index in [2.05, 4.69) is 15.5 Å². The average Bonchev–Trinajstić information content (AvgIpc) is 2.89.